The van der Waals surface area contributed by atoms with E-state index in [1.54, 1.807) is 17.6 Å². The molecule has 0 aliphatic rings. The van der Waals surface area contributed by atoms with Crippen LogP contribution >= 0.6 is 23.6 Å². The van der Waals surface area contributed by atoms with Crippen LogP contribution in [0.1, 0.15) is 5.69 Å². The molecule has 0 aliphatic carbocycles. The Labute approximate surface area is 131 Å². The van der Waals surface area contributed by atoms with E-state index in [2.05, 4.69) is 15.6 Å². The van der Waals surface area contributed by atoms with E-state index in [-0.39, 0.29) is 0 Å². The van der Waals surface area contributed by atoms with Gasteiger partial charge in [0, 0.05) is 5.69 Å². The van der Waals surface area contributed by atoms with Crippen molar-refractivity contribution in [1.29, 1.82) is 0 Å². The second kappa shape index (κ2) is 6.51. The summed E-state index contributed by atoms with van der Waals surface area (Å²) >= 11 is 6.84. The molecule has 2 N–H and O–H groups in total. The van der Waals surface area contributed by atoms with Gasteiger partial charge in [-0.2, -0.15) is 0 Å². The molecule has 0 radical (unpaired) electrons. The van der Waals surface area contributed by atoms with Gasteiger partial charge in [0.1, 0.15) is 6.26 Å². The number of rotatable bonds is 4. The maximum Gasteiger partial charge on any atom is 0.236 e. The van der Waals surface area contributed by atoms with Gasteiger partial charge in [-0.1, -0.05) is 24.3 Å². The number of hydrogen-bond acceptors (Lipinski definition) is 4. The maximum atomic E-state index is 5.46. The van der Waals surface area contributed by atoms with Crippen molar-refractivity contribution < 1.29 is 4.42 Å². The Balaban J connectivity index is 1.54. The molecule has 4 nitrogen and oxygen atoms in total. The van der Waals surface area contributed by atoms with E-state index in [4.69, 9.17) is 16.6 Å². The van der Waals surface area contributed by atoms with Crippen LogP contribution in [0, 0.1) is 0 Å². The van der Waals surface area contributed by atoms with Crippen molar-refractivity contribution in [3.8, 4) is 10.8 Å². The van der Waals surface area contributed by atoms with Crippen LogP contribution in [-0.4, -0.2) is 10.1 Å². The molecule has 3 rings (SSSR count). The smallest absolute Gasteiger partial charge is 0.236 e. The molecule has 0 saturated carbocycles. The largest absolute Gasteiger partial charge is 0.443 e. The number of benzene rings is 1. The van der Waals surface area contributed by atoms with Crippen LogP contribution in [0.4, 0.5) is 5.69 Å². The molecule has 0 bridgehead atoms. The summed E-state index contributed by atoms with van der Waals surface area (Å²) in [6.45, 7) is 0.521. The van der Waals surface area contributed by atoms with Gasteiger partial charge in [-0.15, -0.1) is 11.3 Å². The fourth-order valence-corrected chi connectivity index (χ4v) is 2.61. The van der Waals surface area contributed by atoms with Crippen LogP contribution in [0.25, 0.3) is 10.8 Å². The summed E-state index contributed by atoms with van der Waals surface area (Å²) < 4.78 is 5.46. The predicted molar refractivity (Wildman–Crippen MR) is 89.3 cm³/mol. The minimum absolute atomic E-state index is 0.521. The Morgan fingerprint density at radius 1 is 1.19 bits per heavy atom. The normalized spacial score (nSPS) is 10.3. The van der Waals surface area contributed by atoms with Crippen LogP contribution in [0.15, 0.2) is 58.5 Å². The molecule has 0 saturated heterocycles. The highest BCUT2D eigenvalue weighted by atomic mass is 32.1. The van der Waals surface area contributed by atoms with Crippen molar-refractivity contribution in [2.45, 2.75) is 6.54 Å². The number of hydrogen-bond donors (Lipinski definition) is 2. The second-order valence-corrected chi connectivity index (χ2v) is 5.65. The molecule has 106 valence electrons. The quantitative estimate of drug-likeness (QED) is 0.715. The van der Waals surface area contributed by atoms with Gasteiger partial charge in [-0.25, -0.2) is 4.98 Å². The molecule has 2 aromatic heterocycles. The van der Waals surface area contributed by atoms with Gasteiger partial charge in [-0.3, -0.25) is 0 Å². The van der Waals surface area contributed by atoms with Crippen LogP contribution < -0.4 is 10.6 Å². The lowest BCUT2D eigenvalue weighted by Gasteiger charge is -2.08. The molecule has 6 heteroatoms. The zero-order chi connectivity index (χ0) is 14.5. The summed E-state index contributed by atoms with van der Waals surface area (Å²) in [6.07, 6.45) is 1.65. The van der Waals surface area contributed by atoms with E-state index in [1.807, 2.05) is 47.8 Å². The SMILES string of the molecule is S=C(NCc1coc(-c2cccs2)n1)Nc1ccccc1. The highest BCUT2D eigenvalue weighted by Gasteiger charge is 2.07. The third-order valence-electron chi connectivity index (χ3n) is 2.75. The van der Waals surface area contributed by atoms with Crippen molar-refractivity contribution in [1.82, 2.24) is 10.3 Å². The van der Waals surface area contributed by atoms with Gasteiger partial charge in [0.15, 0.2) is 5.11 Å². The summed E-state index contributed by atoms with van der Waals surface area (Å²) in [6, 6.07) is 13.7. The van der Waals surface area contributed by atoms with Crippen LogP contribution in [-0.2, 0) is 6.54 Å². The Hall–Kier alpha value is -2.18. The zero-order valence-electron chi connectivity index (χ0n) is 11.1. The van der Waals surface area contributed by atoms with Gasteiger partial charge in [0.05, 0.1) is 17.1 Å². The first-order valence-corrected chi connectivity index (χ1v) is 7.68. The average molecular weight is 315 g/mol. The monoisotopic (exact) mass is 315 g/mol. The van der Waals surface area contributed by atoms with Gasteiger partial charge >= 0.3 is 0 Å². The van der Waals surface area contributed by atoms with E-state index in [0.29, 0.717) is 17.5 Å². The molecule has 0 aliphatic heterocycles. The van der Waals surface area contributed by atoms with Crippen molar-refractivity contribution in [3.63, 3.8) is 0 Å². The molecule has 21 heavy (non-hydrogen) atoms. The van der Waals surface area contributed by atoms with E-state index in [1.165, 1.54) is 0 Å². The molecular weight excluding hydrogens is 302 g/mol. The molecule has 0 atom stereocenters. The third kappa shape index (κ3) is 3.68. The Bertz CT molecular complexity index is 708. The van der Waals surface area contributed by atoms with Crippen molar-refractivity contribution in [2.24, 2.45) is 0 Å². The van der Waals surface area contributed by atoms with E-state index in [9.17, 15) is 0 Å². The second-order valence-electron chi connectivity index (χ2n) is 4.30. The number of thiocarbonyl (C=S) groups is 1. The lowest BCUT2D eigenvalue weighted by Crippen LogP contribution is -2.27. The minimum Gasteiger partial charge on any atom is -0.443 e. The fourth-order valence-electron chi connectivity index (χ4n) is 1.77. The summed E-state index contributed by atoms with van der Waals surface area (Å²) in [5, 5.41) is 8.77. The third-order valence-corrected chi connectivity index (χ3v) is 3.85. The van der Waals surface area contributed by atoms with Crippen LogP contribution in [0.3, 0.4) is 0 Å². The number of aromatic nitrogens is 1. The first kappa shape index (κ1) is 13.8. The molecule has 0 spiro atoms. The van der Waals surface area contributed by atoms with Gasteiger partial charge < -0.3 is 15.1 Å². The average Bonchev–Trinajstić information content (AvgIpc) is 3.17. The number of thiophene rings is 1. The lowest BCUT2D eigenvalue weighted by atomic mass is 10.3. The predicted octanol–water partition coefficient (Wildman–Crippen LogP) is 3.89. The Morgan fingerprint density at radius 3 is 2.81 bits per heavy atom. The Morgan fingerprint density at radius 2 is 2.05 bits per heavy atom. The van der Waals surface area contributed by atoms with E-state index >= 15 is 0 Å². The van der Waals surface area contributed by atoms with E-state index in [0.717, 1.165) is 16.3 Å². The molecule has 1 aromatic carbocycles. The first-order chi connectivity index (χ1) is 10.3. The number of anilines is 1. The van der Waals surface area contributed by atoms with Crippen molar-refractivity contribution >= 4 is 34.4 Å². The minimum atomic E-state index is 0.521. The highest BCUT2D eigenvalue weighted by molar-refractivity contribution is 7.80. The lowest BCUT2D eigenvalue weighted by molar-refractivity contribution is 0.573. The molecule has 0 amide bonds. The summed E-state index contributed by atoms with van der Waals surface area (Å²) in [5.74, 6) is 0.642. The number of oxazole rings is 1. The summed E-state index contributed by atoms with van der Waals surface area (Å²) in [7, 11) is 0. The summed E-state index contributed by atoms with van der Waals surface area (Å²) in [5.41, 5.74) is 1.77. The molecule has 2 heterocycles. The Kier molecular flexibility index (Phi) is 4.28. The molecular formula is C15H13N3OS2. The van der Waals surface area contributed by atoms with Crippen LogP contribution in [0.5, 0.6) is 0 Å². The summed E-state index contributed by atoms with van der Waals surface area (Å²) in [4.78, 5) is 5.45. The highest BCUT2D eigenvalue weighted by Crippen LogP contribution is 2.23. The van der Waals surface area contributed by atoms with Crippen molar-refractivity contribution in [2.75, 3.05) is 5.32 Å². The standard InChI is InChI=1S/C15H13N3OS2/c20-15(18-11-5-2-1-3-6-11)16-9-12-10-19-14(17-12)13-7-4-8-21-13/h1-8,10H,9H2,(H2,16,18,20). The van der Waals surface area contributed by atoms with Gasteiger partial charge in [0.25, 0.3) is 0 Å². The topological polar surface area (TPSA) is 50.1 Å². The van der Waals surface area contributed by atoms with Crippen LogP contribution in [0.2, 0.25) is 0 Å². The van der Waals surface area contributed by atoms with Gasteiger partial charge in [0.2, 0.25) is 5.89 Å². The van der Waals surface area contributed by atoms with E-state index < -0.39 is 0 Å². The number of nitrogens with one attached hydrogen (secondary N) is 2. The number of para-hydroxylation sites is 1. The zero-order valence-corrected chi connectivity index (χ0v) is 12.7. The van der Waals surface area contributed by atoms with Crippen molar-refractivity contribution in [3.05, 3.63) is 59.8 Å². The first-order valence-electron chi connectivity index (χ1n) is 6.39. The molecule has 0 unspecified atom stereocenters. The maximum absolute atomic E-state index is 5.46. The molecule has 3 aromatic rings. The number of nitrogens with zero attached hydrogens (tertiary/aromatic N) is 1. The fraction of sp³-hybridized carbons (Fsp3) is 0.0667. The van der Waals surface area contributed by atoms with Gasteiger partial charge in [-0.05, 0) is 35.8 Å². The molecule has 0 fully saturated rings.